The molecule has 12 N–H and O–H groups in total. The number of ether oxygens (including phenoxy) is 5. The minimum Gasteiger partial charge on any atom is -0.480 e. The Morgan fingerprint density at radius 3 is 0.946 bits per heavy atom. The first kappa shape index (κ1) is 102. The van der Waals surface area contributed by atoms with Crippen LogP contribution in [0.1, 0.15) is 95.7 Å². The van der Waals surface area contributed by atoms with Crippen LogP contribution >= 0.6 is 0 Å². The molecule has 129 heavy (non-hydrogen) atoms. The van der Waals surface area contributed by atoms with Gasteiger partial charge in [0.05, 0.1) is 33.4 Å². The van der Waals surface area contributed by atoms with Crippen LogP contribution in [0.25, 0.3) is 75.1 Å². The van der Waals surface area contributed by atoms with Gasteiger partial charge in [0.1, 0.15) is 35.2 Å². The second-order valence-electron chi connectivity index (χ2n) is 33.3. The molecule has 0 radical (unpaired) electrons. The highest BCUT2D eigenvalue weighted by Crippen LogP contribution is 2.25. The molecule has 0 fully saturated rings. The van der Waals surface area contributed by atoms with Crippen molar-refractivity contribution < 1.29 is 97.2 Å². The van der Waals surface area contributed by atoms with Gasteiger partial charge in [-0.2, -0.15) is 0 Å². The molecule has 3 unspecified atom stereocenters. The van der Waals surface area contributed by atoms with Crippen LogP contribution in [0.15, 0.2) is 260 Å². The van der Waals surface area contributed by atoms with Crippen LogP contribution in [0, 0.1) is 0 Å². The number of rotatable bonds is 26. The lowest BCUT2D eigenvalue weighted by Crippen LogP contribution is -2.49. The molecule has 9 atom stereocenters. The molecule has 0 spiro atoms. The lowest BCUT2D eigenvalue weighted by atomic mass is 9.99. The Morgan fingerprint density at radius 1 is 0.388 bits per heavy atom. The standard InChI is InChI=1S/C20H26N2O4.C18H21NO4.C18H21NO3.C15H15N3O3.C15H17NO3.C14H15NO3/c1-20(2,3)26-19(24)21-17(18(23)22(4)25-5)13-14-10-11-15-8-6-7-9-16(15)12-14;1-18(2,3)23-17(22)19-15(16(20)21)11-12-8-9-13-6-4-5-7-14(13)10-12;1-18(2,3)22-17(21)19-16(12-20)11-13-8-9-14-6-4-5-7-15(14)10-13;1-21-15(20)14(19)13(17-18-16)9-10-6-7-11-4-2-3-5-12(11)8-10;1-19-15(18)14(17)13(16)9-10-6-7-11-4-2-3-5-12(11)8-10;15-12(13(16)14(17)18)8-9-5-6-10-3-1-2-4-11(10)7-9/h6-12,17H,13H2,1-5H3,(H,21,24);4-10,15H,11H2,1-3H3,(H,19,22)(H,20,21);4-10,12,16H,11H2,1-3H3,(H,19,21);2-8,13-14,19H,9H2,1H3;2-8,13-14,17H,9,16H2,1H3;1-7,12-13,16H,8,15H2,(H,17,18)/t17-;15-;16-;2*13-,14?;12-,13?/m111111/s1. The quantitative estimate of drug-likeness (QED) is 0.00458. The lowest BCUT2D eigenvalue weighted by molar-refractivity contribution is -0.171. The van der Waals surface area contributed by atoms with Gasteiger partial charge in [-0.3, -0.25) is 9.63 Å². The third-order valence-corrected chi connectivity index (χ3v) is 19.5. The average Bonchev–Trinajstić information content (AvgIpc) is 0.853. The van der Waals surface area contributed by atoms with Gasteiger partial charge in [-0.15, -0.1) is 0 Å². The number of hydroxylamine groups is 2. The first-order valence-corrected chi connectivity index (χ1v) is 41.5. The first-order valence-electron chi connectivity index (χ1n) is 41.5. The minimum atomic E-state index is -1.53. The Kier molecular flexibility index (Phi) is 39.0. The van der Waals surface area contributed by atoms with Gasteiger partial charge in [-0.1, -0.05) is 260 Å². The second kappa shape index (κ2) is 49.3. The Labute approximate surface area is 749 Å². The Balaban J connectivity index is 0.000000213. The van der Waals surface area contributed by atoms with Crippen molar-refractivity contribution in [2.75, 3.05) is 28.4 Å². The molecule has 0 bridgehead atoms. The molecule has 12 aromatic rings. The number of aliphatic hydroxyl groups is 3. The summed E-state index contributed by atoms with van der Waals surface area (Å²) < 4.78 is 24.5. The maximum atomic E-state index is 12.6. The normalized spacial score (nSPS) is 13.2. The predicted molar refractivity (Wildman–Crippen MR) is 497 cm³/mol. The summed E-state index contributed by atoms with van der Waals surface area (Å²) >= 11 is 0. The largest absolute Gasteiger partial charge is 0.480 e. The van der Waals surface area contributed by atoms with Crippen molar-refractivity contribution in [3.05, 3.63) is 299 Å². The van der Waals surface area contributed by atoms with Crippen LogP contribution in [0.5, 0.6) is 0 Å². The topological polar surface area (TPSA) is 450 Å². The number of nitrogens with zero attached hydrogens (tertiary/aromatic N) is 4. The molecule has 12 rings (SSSR count). The minimum absolute atomic E-state index is 0.194. The molecule has 0 aliphatic heterocycles. The second-order valence-corrected chi connectivity index (χ2v) is 33.3. The Morgan fingerprint density at radius 2 is 0.659 bits per heavy atom. The summed E-state index contributed by atoms with van der Waals surface area (Å²) in [6.45, 7) is 15.8. The number of carboxylic acid groups (broad SMARTS) is 2. The van der Waals surface area contributed by atoms with Crippen LogP contribution < -0.4 is 27.4 Å². The summed E-state index contributed by atoms with van der Waals surface area (Å²) in [5.41, 5.74) is 23.7. The van der Waals surface area contributed by atoms with E-state index in [1.54, 1.807) is 62.3 Å². The van der Waals surface area contributed by atoms with Gasteiger partial charge in [0.2, 0.25) is 0 Å². The maximum Gasteiger partial charge on any atom is 0.408 e. The van der Waals surface area contributed by atoms with E-state index < -0.39 is 114 Å². The molecule has 680 valence electrons. The zero-order valence-electron chi connectivity index (χ0n) is 74.6. The number of esters is 2. The van der Waals surface area contributed by atoms with Crippen molar-refractivity contribution in [2.24, 2.45) is 16.6 Å². The maximum absolute atomic E-state index is 12.6. The zero-order chi connectivity index (χ0) is 94.7. The van der Waals surface area contributed by atoms with E-state index in [1.807, 2.05) is 255 Å². The molecular weight excluding hydrogens is 1650 g/mol. The number of carbonyl (C=O) groups excluding carboxylic acids is 7. The van der Waals surface area contributed by atoms with Crippen LogP contribution in [0.2, 0.25) is 0 Å². The molecule has 0 heterocycles. The highest BCUT2D eigenvalue weighted by molar-refractivity contribution is 5.90. The molecule has 12 aromatic carbocycles. The number of carboxylic acids is 2. The van der Waals surface area contributed by atoms with Crippen molar-refractivity contribution in [1.82, 2.24) is 21.0 Å². The number of aliphatic carboxylic acids is 2. The molecule has 0 aliphatic carbocycles. The van der Waals surface area contributed by atoms with Crippen LogP contribution in [0.4, 0.5) is 14.4 Å². The first-order chi connectivity index (χ1) is 61.1. The van der Waals surface area contributed by atoms with Crippen molar-refractivity contribution in [1.29, 1.82) is 0 Å². The number of likely N-dealkylation sites (N-methyl/N-ethyl adjacent to an activating group) is 1. The fourth-order valence-corrected chi connectivity index (χ4v) is 13.2. The van der Waals surface area contributed by atoms with Gasteiger partial charge < -0.3 is 81.4 Å². The van der Waals surface area contributed by atoms with E-state index in [0.29, 0.717) is 25.7 Å². The van der Waals surface area contributed by atoms with Crippen LogP contribution in [0.3, 0.4) is 0 Å². The predicted octanol–water partition coefficient (Wildman–Crippen LogP) is 15.1. The van der Waals surface area contributed by atoms with E-state index in [4.69, 9.17) is 41.2 Å². The number of nitrogens with two attached hydrogens (primary N) is 2. The SMILES string of the molecule is CC(C)(C)OC(=O)N[C@@H](C=O)Cc1ccc2ccccc2c1.CC(C)(C)OC(=O)N[C@H](Cc1ccc2ccccc2c1)C(=O)O.COC(=O)C(O)[C@@H](Cc1ccc2ccccc2c1)N=[N+]=[N-].COC(=O)C(O)[C@H](N)Cc1ccc2ccccc2c1.CON(C)C(=O)[C@@H](Cc1ccc2ccccc2c1)NC(=O)OC(C)(C)C.N[C@H](Cc1ccc2ccccc2c1)C(O)C(=O)O. The van der Waals surface area contributed by atoms with E-state index in [2.05, 4.69) is 35.5 Å². The molecule has 0 aromatic heterocycles. The number of fused-ring (bicyclic) bond motifs is 6. The number of aldehydes is 1. The molecule has 4 amide bonds. The highest BCUT2D eigenvalue weighted by Gasteiger charge is 2.31. The Bertz CT molecular complexity index is 5850. The molecule has 0 saturated heterocycles. The number of alkyl carbamates (subject to hydrolysis) is 3. The van der Waals surface area contributed by atoms with Crippen LogP contribution in [-0.2, 0) is 95.8 Å². The number of azide groups is 1. The molecule has 29 nitrogen and oxygen atoms in total. The van der Waals surface area contributed by atoms with Gasteiger partial charge >= 0.3 is 42.2 Å². The number of amides is 4. The molecule has 0 saturated carbocycles. The lowest BCUT2D eigenvalue weighted by Gasteiger charge is -2.25. The van der Waals surface area contributed by atoms with Crippen molar-refractivity contribution in [3.8, 4) is 0 Å². The fourth-order valence-electron chi connectivity index (χ4n) is 13.2. The number of hydrogen-bond acceptors (Lipinski definition) is 21. The molecule has 29 heteroatoms. The van der Waals surface area contributed by atoms with Gasteiger partial charge in [-0.25, -0.2) is 38.6 Å². The summed E-state index contributed by atoms with van der Waals surface area (Å²) in [5.74, 6) is -4.25. The van der Waals surface area contributed by atoms with Crippen LogP contribution in [-0.4, -0.2) is 185 Å². The molecular formula is C100H115N9O20. The van der Waals surface area contributed by atoms with E-state index in [0.717, 1.165) is 109 Å². The summed E-state index contributed by atoms with van der Waals surface area (Å²) in [4.78, 5) is 112. The number of hydrogen-bond donors (Lipinski definition) is 10. The summed E-state index contributed by atoms with van der Waals surface area (Å²) in [6, 6.07) is 78.1. The van der Waals surface area contributed by atoms with E-state index in [-0.39, 0.29) is 18.7 Å². The number of nitrogens with one attached hydrogen (secondary N) is 3. The monoisotopic (exact) mass is 1760 g/mol. The van der Waals surface area contributed by atoms with Gasteiger partial charge in [0, 0.05) is 36.9 Å². The summed E-state index contributed by atoms with van der Waals surface area (Å²) in [7, 11) is 5.31. The fraction of sp³-hybridized carbons (Fsp3) is 0.310. The average molecular weight is 1760 g/mol. The smallest absolute Gasteiger partial charge is 0.408 e. The van der Waals surface area contributed by atoms with E-state index >= 15 is 0 Å². The number of carbonyl (C=O) groups is 9. The Hall–Kier alpha value is -13.9. The van der Waals surface area contributed by atoms with Crippen molar-refractivity contribution in [3.63, 3.8) is 0 Å². The number of aliphatic hydroxyl groups excluding tert-OH is 3. The number of benzene rings is 12. The third-order valence-electron chi connectivity index (χ3n) is 19.5. The van der Waals surface area contributed by atoms with Gasteiger partial charge in [0.25, 0.3) is 5.91 Å². The third kappa shape index (κ3) is 34.4. The van der Waals surface area contributed by atoms with Crippen molar-refractivity contribution in [2.45, 2.75) is 172 Å². The van der Waals surface area contributed by atoms with Crippen molar-refractivity contribution >= 4 is 119 Å². The zero-order valence-corrected chi connectivity index (χ0v) is 74.6. The summed E-state index contributed by atoms with van der Waals surface area (Å²) in [6.07, 6.45) is -3.55. The summed E-state index contributed by atoms with van der Waals surface area (Å²) in [5, 5.41) is 72.3. The molecule has 0 aliphatic rings. The number of methoxy groups -OCH3 is 2. The highest BCUT2D eigenvalue weighted by atomic mass is 16.7. The van der Waals surface area contributed by atoms with Gasteiger partial charge in [0.15, 0.2) is 18.3 Å². The van der Waals surface area contributed by atoms with E-state index in [1.165, 1.54) is 28.4 Å². The van der Waals surface area contributed by atoms with Gasteiger partial charge in [-0.05, 0) is 192 Å². The van der Waals surface area contributed by atoms with E-state index in [9.17, 15) is 63.6 Å².